The second-order valence-electron chi connectivity index (χ2n) is 10.3. The summed E-state index contributed by atoms with van der Waals surface area (Å²) in [6.45, 7) is 10.4. The first-order valence-corrected chi connectivity index (χ1v) is 12.4. The third kappa shape index (κ3) is 5.36. The van der Waals surface area contributed by atoms with Crippen LogP contribution in [-0.4, -0.2) is 43.0 Å². The maximum absolute atomic E-state index is 15.4. The average Bonchev–Trinajstić information content (AvgIpc) is 2.88. The molecule has 1 aliphatic rings. The number of aryl methyl sites for hydroxylation is 1. The number of nitrogens with zero attached hydrogens (tertiary/aromatic N) is 3. The maximum Gasteiger partial charge on any atom is 0.316 e. The van der Waals surface area contributed by atoms with Gasteiger partial charge in [0.1, 0.15) is 23.5 Å². The number of esters is 1. The van der Waals surface area contributed by atoms with Crippen molar-refractivity contribution in [2.45, 2.75) is 27.7 Å². The van der Waals surface area contributed by atoms with E-state index in [0.29, 0.717) is 22.4 Å². The van der Waals surface area contributed by atoms with E-state index in [1.807, 2.05) is 24.3 Å². The lowest BCUT2D eigenvalue weighted by Gasteiger charge is -2.29. The molecule has 8 nitrogen and oxygen atoms in total. The number of aromatic nitrogens is 1. The van der Waals surface area contributed by atoms with Gasteiger partial charge in [-0.3, -0.25) is 15.2 Å². The Hall–Kier alpha value is -4.29. The fraction of sp³-hybridized carbons (Fsp3) is 0.310. The van der Waals surface area contributed by atoms with Crippen LogP contribution in [0.3, 0.4) is 0 Å². The second kappa shape index (κ2) is 10.6. The molecule has 0 unspecified atom stereocenters. The van der Waals surface area contributed by atoms with Gasteiger partial charge in [0.25, 0.3) is 0 Å². The lowest BCUT2D eigenvalue weighted by molar-refractivity contribution is -0.143. The molecule has 196 valence electrons. The van der Waals surface area contributed by atoms with Crippen LogP contribution < -0.4 is 20.7 Å². The Morgan fingerprint density at radius 2 is 1.84 bits per heavy atom. The molecule has 3 aromatic rings. The molecule has 4 N–H and O–H groups in total. The first kappa shape index (κ1) is 26.8. The van der Waals surface area contributed by atoms with Crippen molar-refractivity contribution < 1.29 is 13.9 Å². The van der Waals surface area contributed by atoms with Crippen LogP contribution in [0.1, 0.15) is 37.6 Å². The van der Waals surface area contributed by atoms with Gasteiger partial charge in [0.05, 0.1) is 16.7 Å². The van der Waals surface area contributed by atoms with E-state index in [0.717, 1.165) is 37.9 Å². The predicted molar refractivity (Wildman–Crippen MR) is 146 cm³/mol. The van der Waals surface area contributed by atoms with Crippen LogP contribution in [0.4, 0.5) is 10.1 Å². The van der Waals surface area contributed by atoms with E-state index in [1.165, 1.54) is 12.1 Å². The number of benzene rings is 2. The summed E-state index contributed by atoms with van der Waals surface area (Å²) in [7, 11) is 0. The lowest BCUT2D eigenvalue weighted by Crippen LogP contribution is -2.43. The number of hydrogen-bond donors (Lipinski definition) is 3. The topological polar surface area (TPSA) is 128 Å². The van der Waals surface area contributed by atoms with Crippen molar-refractivity contribution in [3.05, 3.63) is 65.1 Å². The molecule has 0 spiro atoms. The highest BCUT2D eigenvalue weighted by molar-refractivity contribution is 6.05. The number of nitriles is 1. The Morgan fingerprint density at radius 3 is 2.39 bits per heavy atom. The van der Waals surface area contributed by atoms with Crippen LogP contribution >= 0.6 is 0 Å². The molecule has 1 aromatic heterocycles. The van der Waals surface area contributed by atoms with Gasteiger partial charge in [0.2, 0.25) is 0 Å². The second-order valence-corrected chi connectivity index (χ2v) is 10.3. The Labute approximate surface area is 221 Å². The molecule has 9 heteroatoms. The van der Waals surface area contributed by atoms with Gasteiger partial charge in [0, 0.05) is 60.3 Å². The summed E-state index contributed by atoms with van der Waals surface area (Å²) >= 11 is 0. The Bertz CT molecular complexity index is 1430. The zero-order valence-electron chi connectivity index (χ0n) is 22.0. The molecule has 2 heterocycles. The van der Waals surface area contributed by atoms with Crippen molar-refractivity contribution in [2.75, 3.05) is 31.1 Å². The van der Waals surface area contributed by atoms with Crippen molar-refractivity contribution in [3.8, 4) is 34.2 Å². The number of anilines is 1. The van der Waals surface area contributed by atoms with Gasteiger partial charge < -0.3 is 20.7 Å². The van der Waals surface area contributed by atoms with Crippen LogP contribution in [-0.2, 0) is 4.79 Å². The minimum atomic E-state index is -0.750. The molecule has 0 radical (unpaired) electrons. The van der Waals surface area contributed by atoms with Crippen LogP contribution in [0.5, 0.6) is 5.75 Å². The molecule has 1 fully saturated rings. The molecular formula is C29H31FN6O2. The van der Waals surface area contributed by atoms with Crippen molar-refractivity contribution in [3.63, 3.8) is 0 Å². The zero-order valence-corrected chi connectivity index (χ0v) is 22.0. The zero-order chi connectivity index (χ0) is 27.6. The highest BCUT2D eigenvalue weighted by Gasteiger charge is 2.26. The quantitative estimate of drug-likeness (QED) is 0.199. The molecule has 2 aromatic carbocycles. The highest BCUT2D eigenvalue weighted by Crippen LogP contribution is 2.37. The first-order valence-electron chi connectivity index (χ1n) is 12.4. The van der Waals surface area contributed by atoms with E-state index in [9.17, 15) is 10.1 Å². The van der Waals surface area contributed by atoms with E-state index < -0.39 is 17.2 Å². The summed E-state index contributed by atoms with van der Waals surface area (Å²) in [6.07, 6.45) is 0. The number of ether oxygens (including phenoxy) is 1. The van der Waals surface area contributed by atoms with Crippen LogP contribution in [0, 0.1) is 34.9 Å². The minimum Gasteiger partial charge on any atom is -0.426 e. The third-order valence-electron chi connectivity index (χ3n) is 6.42. The summed E-state index contributed by atoms with van der Waals surface area (Å²) in [5.41, 5.74) is 8.38. The van der Waals surface area contributed by atoms with Crippen molar-refractivity contribution in [1.82, 2.24) is 10.3 Å². The van der Waals surface area contributed by atoms with Gasteiger partial charge >= 0.3 is 5.97 Å². The van der Waals surface area contributed by atoms with Crippen LogP contribution in [0.2, 0.25) is 0 Å². The molecule has 1 aliphatic heterocycles. The van der Waals surface area contributed by atoms with Gasteiger partial charge in [-0.05, 0) is 57.5 Å². The summed E-state index contributed by atoms with van der Waals surface area (Å²) in [5.74, 6) is -1.36. The van der Waals surface area contributed by atoms with E-state index >= 15 is 4.39 Å². The van der Waals surface area contributed by atoms with E-state index in [2.05, 4.69) is 21.3 Å². The number of piperazine rings is 1. The van der Waals surface area contributed by atoms with Gasteiger partial charge in [-0.1, -0.05) is 12.1 Å². The van der Waals surface area contributed by atoms with Gasteiger partial charge in [-0.25, -0.2) is 4.39 Å². The molecule has 0 bridgehead atoms. The molecule has 38 heavy (non-hydrogen) atoms. The van der Waals surface area contributed by atoms with Gasteiger partial charge in [-0.15, -0.1) is 0 Å². The summed E-state index contributed by atoms with van der Waals surface area (Å²) in [4.78, 5) is 19.0. The number of pyridine rings is 1. The third-order valence-corrected chi connectivity index (χ3v) is 6.42. The van der Waals surface area contributed by atoms with E-state index in [4.69, 9.17) is 15.9 Å². The molecule has 4 rings (SSSR count). The number of hydrogen-bond acceptors (Lipinski definition) is 7. The molecule has 1 saturated heterocycles. The highest BCUT2D eigenvalue weighted by atomic mass is 19.1. The number of nitrogens with two attached hydrogens (primary N) is 1. The SMILES string of the molecule is Cc1nc(-c2ccc(OC(=O)C(C)(C)C)cc2F)c(C#N)c(-c2ccc(N3CCNCC3)cc2)c1C(=N)N. The number of halogens is 1. The number of carbonyl (C=O) groups excluding carboxylic acids is 1. The number of nitrogen functional groups attached to an aromatic ring is 1. The smallest absolute Gasteiger partial charge is 0.316 e. The molecule has 0 atom stereocenters. The van der Waals surface area contributed by atoms with E-state index in [-0.39, 0.29) is 28.4 Å². The van der Waals surface area contributed by atoms with E-state index in [1.54, 1.807) is 27.7 Å². The maximum atomic E-state index is 15.4. The van der Waals surface area contributed by atoms with Crippen LogP contribution in [0.15, 0.2) is 42.5 Å². The Morgan fingerprint density at radius 1 is 1.18 bits per heavy atom. The van der Waals surface area contributed by atoms with Crippen molar-refractivity contribution in [2.24, 2.45) is 11.1 Å². The number of carbonyl (C=O) groups is 1. The number of rotatable bonds is 5. The number of nitrogens with one attached hydrogen (secondary N) is 2. The van der Waals surface area contributed by atoms with Gasteiger partial charge in [0.15, 0.2) is 0 Å². The summed E-state index contributed by atoms with van der Waals surface area (Å²) < 4.78 is 20.7. The molecule has 0 saturated carbocycles. The summed E-state index contributed by atoms with van der Waals surface area (Å²) in [5, 5.41) is 21.7. The molecule has 0 amide bonds. The summed E-state index contributed by atoms with van der Waals surface area (Å²) in [6, 6.07) is 13.9. The largest absolute Gasteiger partial charge is 0.426 e. The van der Waals surface area contributed by atoms with Gasteiger partial charge in [-0.2, -0.15) is 5.26 Å². The standard InChI is InChI=1S/C29H31FN6O2/c1-17-24(27(32)33)25(18-5-7-19(8-6-18)36-13-11-34-12-14-36)22(16-31)26(35-17)21-10-9-20(15-23(21)30)38-28(37)29(2,3)4/h5-10,15,34H,11-14H2,1-4H3,(H3,32,33). The molecular weight excluding hydrogens is 483 g/mol. The Kier molecular flexibility index (Phi) is 7.46. The monoisotopic (exact) mass is 514 g/mol. The Balaban J connectivity index is 1.81. The lowest BCUT2D eigenvalue weighted by atomic mass is 9.90. The minimum absolute atomic E-state index is 0.0606. The molecule has 0 aliphatic carbocycles. The number of amidine groups is 1. The first-order chi connectivity index (χ1) is 18.0. The fourth-order valence-corrected chi connectivity index (χ4v) is 4.40. The van der Waals surface area contributed by atoms with Crippen molar-refractivity contribution in [1.29, 1.82) is 10.7 Å². The normalized spacial score (nSPS) is 13.6. The van der Waals surface area contributed by atoms with Crippen molar-refractivity contribution >= 4 is 17.5 Å². The average molecular weight is 515 g/mol. The fourth-order valence-electron chi connectivity index (χ4n) is 4.40. The predicted octanol–water partition coefficient (Wildman–Crippen LogP) is 4.38. The van der Waals surface area contributed by atoms with Crippen LogP contribution in [0.25, 0.3) is 22.4 Å².